The summed E-state index contributed by atoms with van der Waals surface area (Å²) in [6.45, 7) is 0.585. The van der Waals surface area contributed by atoms with Gasteiger partial charge >= 0.3 is 0 Å². The van der Waals surface area contributed by atoms with Crippen molar-refractivity contribution in [2.45, 2.75) is 38.3 Å². The second-order valence-electron chi connectivity index (χ2n) is 6.20. The lowest BCUT2D eigenvalue weighted by Crippen LogP contribution is -2.27. The summed E-state index contributed by atoms with van der Waals surface area (Å²) in [5.74, 6) is -0.0519. The van der Waals surface area contributed by atoms with Gasteiger partial charge in [-0.1, -0.05) is 43.2 Å². The molecule has 1 aromatic heterocycles. The van der Waals surface area contributed by atoms with Gasteiger partial charge in [-0.15, -0.1) is 0 Å². The van der Waals surface area contributed by atoms with Gasteiger partial charge < -0.3 is 10.2 Å². The van der Waals surface area contributed by atoms with E-state index in [-0.39, 0.29) is 5.91 Å². The van der Waals surface area contributed by atoms with Crippen molar-refractivity contribution >= 4 is 11.6 Å². The molecule has 1 heterocycles. The summed E-state index contributed by atoms with van der Waals surface area (Å²) in [4.78, 5) is 18.5. The molecule has 1 N–H and O–H groups in total. The van der Waals surface area contributed by atoms with Crippen molar-refractivity contribution in [1.29, 1.82) is 0 Å². The standard InChI is InChI=1S/C19H23N3O/c1-22(14-15-7-3-2-4-8-15)19(23)18-13-17(11-12-20-18)21-16-9-5-6-10-16/h2-4,7-8,11-13,16H,5-6,9-10,14H2,1H3,(H,20,21). The Labute approximate surface area is 137 Å². The summed E-state index contributed by atoms with van der Waals surface area (Å²) < 4.78 is 0. The average molecular weight is 309 g/mol. The number of carbonyl (C=O) groups is 1. The lowest BCUT2D eigenvalue weighted by Gasteiger charge is -2.18. The molecule has 0 atom stereocenters. The van der Waals surface area contributed by atoms with Crippen molar-refractivity contribution in [2.75, 3.05) is 12.4 Å². The molecule has 2 aromatic rings. The van der Waals surface area contributed by atoms with E-state index in [1.807, 2.05) is 49.5 Å². The number of amides is 1. The van der Waals surface area contributed by atoms with Gasteiger partial charge in [0.2, 0.25) is 0 Å². The highest BCUT2D eigenvalue weighted by molar-refractivity contribution is 5.92. The molecule has 120 valence electrons. The Morgan fingerprint density at radius 1 is 1.22 bits per heavy atom. The smallest absolute Gasteiger partial charge is 0.272 e. The van der Waals surface area contributed by atoms with Crippen LogP contribution in [0.4, 0.5) is 5.69 Å². The first-order valence-corrected chi connectivity index (χ1v) is 8.24. The first kappa shape index (κ1) is 15.5. The highest BCUT2D eigenvalue weighted by Gasteiger charge is 2.17. The van der Waals surface area contributed by atoms with Crippen molar-refractivity contribution < 1.29 is 4.79 Å². The Hall–Kier alpha value is -2.36. The normalized spacial score (nSPS) is 14.7. The molecule has 0 aliphatic heterocycles. The van der Waals surface area contributed by atoms with Gasteiger partial charge in [0, 0.05) is 31.5 Å². The van der Waals surface area contributed by atoms with Crippen LogP contribution in [-0.2, 0) is 6.54 Å². The fraction of sp³-hybridized carbons (Fsp3) is 0.368. The molecule has 4 heteroatoms. The Balaban J connectivity index is 1.66. The number of anilines is 1. The summed E-state index contributed by atoms with van der Waals surface area (Å²) in [5.41, 5.74) is 2.60. The number of hydrogen-bond donors (Lipinski definition) is 1. The molecule has 1 aliphatic rings. The molecule has 1 fully saturated rings. The Kier molecular flexibility index (Phi) is 4.91. The first-order chi connectivity index (χ1) is 11.2. The van der Waals surface area contributed by atoms with Crippen LogP contribution in [0.3, 0.4) is 0 Å². The highest BCUT2D eigenvalue weighted by atomic mass is 16.2. The first-order valence-electron chi connectivity index (χ1n) is 8.24. The number of nitrogens with zero attached hydrogens (tertiary/aromatic N) is 2. The van der Waals surface area contributed by atoms with Gasteiger partial charge in [0.25, 0.3) is 5.91 Å². The van der Waals surface area contributed by atoms with Crippen molar-refractivity contribution in [3.63, 3.8) is 0 Å². The summed E-state index contributed by atoms with van der Waals surface area (Å²) in [5, 5.41) is 3.51. The molecule has 23 heavy (non-hydrogen) atoms. The van der Waals surface area contributed by atoms with Crippen molar-refractivity contribution in [1.82, 2.24) is 9.88 Å². The molecule has 0 unspecified atom stereocenters. The molecule has 1 aromatic carbocycles. The van der Waals surface area contributed by atoms with Gasteiger partial charge in [-0.2, -0.15) is 0 Å². The predicted octanol–water partition coefficient (Wildman–Crippen LogP) is 3.71. The van der Waals surface area contributed by atoms with Gasteiger partial charge in [-0.25, -0.2) is 0 Å². The van der Waals surface area contributed by atoms with Crippen LogP contribution in [0.1, 0.15) is 41.7 Å². The molecule has 1 aliphatic carbocycles. The summed E-state index contributed by atoms with van der Waals surface area (Å²) in [6, 6.07) is 14.3. The van der Waals surface area contributed by atoms with Gasteiger partial charge in [0.15, 0.2) is 0 Å². The zero-order valence-electron chi connectivity index (χ0n) is 13.5. The fourth-order valence-electron chi connectivity index (χ4n) is 3.07. The van der Waals surface area contributed by atoms with Crippen molar-refractivity contribution in [3.05, 3.63) is 59.9 Å². The van der Waals surface area contributed by atoms with Crippen molar-refractivity contribution in [2.24, 2.45) is 0 Å². The predicted molar refractivity (Wildman–Crippen MR) is 92.4 cm³/mol. The third kappa shape index (κ3) is 4.09. The third-order valence-corrected chi connectivity index (χ3v) is 4.31. The number of pyridine rings is 1. The topological polar surface area (TPSA) is 45.2 Å². The van der Waals surface area contributed by atoms with Gasteiger partial charge in [0.05, 0.1) is 0 Å². The largest absolute Gasteiger partial charge is 0.382 e. The van der Waals surface area contributed by atoms with Crippen LogP contribution < -0.4 is 5.32 Å². The monoisotopic (exact) mass is 309 g/mol. The molecule has 3 rings (SSSR count). The summed E-state index contributed by atoms with van der Waals surface area (Å²) in [6.07, 6.45) is 6.70. The molecule has 0 saturated heterocycles. The highest BCUT2D eigenvalue weighted by Crippen LogP contribution is 2.22. The Morgan fingerprint density at radius 2 is 1.96 bits per heavy atom. The van der Waals surface area contributed by atoms with E-state index in [1.165, 1.54) is 25.7 Å². The Morgan fingerprint density at radius 3 is 2.70 bits per heavy atom. The summed E-state index contributed by atoms with van der Waals surface area (Å²) >= 11 is 0. The van der Waals surface area contributed by atoms with E-state index in [0.29, 0.717) is 18.3 Å². The minimum Gasteiger partial charge on any atom is -0.382 e. The molecule has 1 saturated carbocycles. The zero-order chi connectivity index (χ0) is 16.1. The summed E-state index contributed by atoms with van der Waals surface area (Å²) in [7, 11) is 1.81. The SMILES string of the molecule is CN(Cc1ccccc1)C(=O)c1cc(NC2CCCC2)ccn1. The zero-order valence-corrected chi connectivity index (χ0v) is 13.5. The number of nitrogens with one attached hydrogen (secondary N) is 1. The molecule has 4 nitrogen and oxygen atoms in total. The van der Waals surface area contributed by atoms with E-state index in [4.69, 9.17) is 0 Å². The molecular weight excluding hydrogens is 286 g/mol. The molecule has 0 bridgehead atoms. The third-order valence-electron chi connectivity index (χ3n) is 4.31. The van der Waals surface area contributed by atoms with Gasteiger partial charge in [-0.3, -0.25) is 9.78 Å². The van der Waals surface area contributed by atoms with Crippen LogP contribution in [0, 0.1) is 0 Å². The van der Waals surface area contributed by atoms with E-state index in [1.54, 1.807) is 11.1 Å². The number of carbonyl (C=O) groups excluding carboxylic acids is 1. The number of aromatic nitrogens is 1. The lowest BCUT2D eigenvalue weighted by molar-refractivity contribution is 0.0779. The van der Waals surface area contributed by atoms with Gasteiger partial charge in [-0.05, 0) is 30.5 Å². The van der Waals surface area contributed by atoms with Crippen LogP contribution in [-0.4, -0.2) is 28.9 Å². The van der Waals surface area contributed by atoms with Crippen LogP contribution in [0.15, 0.2) is 48.7 Å². The van der Waals surface area contributed by atoms with E-state index < -0.39 is 0 Å². The maximum atomic E-state index is 12.6. The average Bonchev–Trinajstić information content (AvgIpc) is 3.08. The van der Waals surface area contributed by atoms with Gasteiger partial charge in [0.1, 0.15) is 5.69 Å². The number of benzene rings is 1. The Bertz CT molecular complexity index is 651. The number of hydrogen-bond acceptors (Lipinski definition) is 3. The quantitative estimate of drug-likeness (QED) is 0.916. The molecule has 0 radical (unpaired) electrons. The molecule has 1 amide bonds. The van der Waals surface area contributed by atoms with Crippen LogP contribution in [0.5, 0.6) is 0 Å². The molecular formula is C19H23N3O. The fourth-order valence-corrected chi connectivity index (χ4v) is 3.07. The van der Waals surface area contributed by atoms with E-state index in [2.05, 4.69) is 10.3 Å². The maximum Gasteiger partial charge on any atom is 0.272 e. The lowest BCUT2D eigenvalue weighted by atomic mass is 10.2. The molecule has 0 spiro atoms. The van der Waals surface area contributed by atoms with Crippen LogP contribution in [0.25, 0.3) is 0 Å². The maximum absolute atomic E-state index is 12.6. The second-order valence-corrected chi connectivity index (χ2v) is 6.20. The van der Waals surface area contributed by atoms with E-state index in [9.17, 15) is 4.79 Å². The van der Waals surface area contributed by atoms with Crippen LogP contribution >= 0.6 is 0 Å². The van der Waals surface area contributed by atoms with E-state index >= 15 is 0 Å². The minimum atomic E-state index is -0.0519. The second kappa shape index (κ2) is 7.27. The van der Waals surface area contributed by atoms with E-state index in [0.717, 1.165) is 11.3 Å². The van der Waals surface area contributed by atoms with Crippen molar-refractivity contribution in [3.8, 4) is 0 Å². The number of rotatable bonds is 5. The minimum absolute atomic E-state index is 0.0519. The van der Waals surface area contributed by atoms with Crippen LogP contribution in [0.2, 0.25) is 0 Å².